The first kappa shape index (κ1) is 23.2. The number of nitrogens with zero attached hydrogens (tertiary/aromatic N) is 1. The average molecular weight is 495 g/mol. The largest absolute Gasteiger partial charge is 0.377 e. The van der Waals surface area contributed by atoms with Crippen LogP contribution in [0.4, 0.5) is 0 Å². The van der Waals surface area contributed by atoms with Crippen molar-refractivity contribution in [3.8, 4) is 0 Å². The Morgan fingerprint density at radius 3 is 2.62 bits per heavy atom. The third kappa shape index (κ3) is 7.79. The second-order valence-electron chi connectivity index (χ2n) is 6.26. The fourth-order valence-electron chi connectivity index (χ4n) is 2.77. The Morgan fingerprint density at radius 2 is 2.00 bits per heavy atom. The van der Waals surface area contributed by atoms with Gasteiger partial charge in [-0.05, 0) is 30.9 Å². The smallest absolute Gasteiger partial charge is 0.191 e. The first-order valence-corrected chi connectivity index (χ1v) is 10.8. The van der Waals surface area contributed by atoms with Crippen LogP contribution in [0.1, 0.15) is 37.8 Å². The van der Waals surface area contributed by atoms with E-state index in [1.54, 1.807) is 0 Å². The van der Waals surface area contributed by atoms with Crippen LogP contribution in [0.3, 0.4) is 0 Å². The molecule has 1 atom stereocenters. The predicted molar refractivity (Wildman–Crippen MR) is 117 cm³/mol. The number of hydrogen-bond acceptors (Lipinski definition) is 4. The second-order valence-corrected chi connectivity index (χ2v) is 8.49. The summed E-state index contributed by atoms with van der Waals surface area (Å²) in [6.45, 7) is 6.68. The SMILES string of the molecule is CCCOCc1ccccc1CN=C(NCC)NC1CCS(=O)(=O)C1.I. The van der Waals surface area contributed by atoms with Crippen LogP contribution < -0.4 is 10.6 Å². The molecule has 1 aliphatic heterocycles. The number of benzene rings is 1. The lowest BCUT2D eigenvalue weighted by atomic mass is 10.1. The number of ether oxygens (including phenoxy) is 1. The topological polar surface area (TPSA) is 79.8 Å². The number of guanidine groups is 1. The molecular weight excluding hydrogens is 465 g/mol. The maximum Gasteiger partial charge on any atom is 0.191 e. The molecule has 0 aromatic heterocycles. The van der Waals surface area contributed by atoms with Crippen LogP contribution in [-0.2, 0) is 27.7 Å². The van der Waals surface area contributed by atoms with E-state index in [1.165, 1.54) is 0 Å². The molecule has 0 radical (unpaired) electrons. The summed E-state index contributed by atoms with van der Waals surface area (Å²) in [5.74, 6) is 1.09. The number of rotatable bonds is 8. The summed E-state index contributed by atoms with van der Waals surface area (Å²) < 4.78 is 28.9. The molecule has 148 valence electrons. The van der Waals surface area contributed by atoms with Crippen molar-refractivity contribution in [2.45, 2.75) is 45.9 Å². The van der Waals surface area contributed by atoms with E-state index in [9.17, 15) is 8.42 Å². The quantitative estimate of drug-likeness (QED) is 0.251. The lowest BCUT2D eigenvalue weighted by molar-refractivity contribution is 0.121. The molecule has 6 nitrogen and oxygen atoms in total. The van der Waals surface area contributed by atoms with Crippen LogP contribution in [0.2, 0.25) is 0 Å². The van der Waals surface area contributed by atoms with Crippen molar-refractivity contribution in [3.63, 3.8) is 0 Å². The first-order valence-electron chi connectivity index (χ1n) is 8.94. The van der Waals surface area contributed by atoms with Gasteiger partial charge < -0.3 is 15.4 Å². The van der Waals surface area contributed by atoms with Gasteiger partial charge >= 0.3 is 0 Å². The third-order valence-electron chi connectivity index (χ3n) is 4.05. The Labute approximate surface area is 174 Å². The van der Waals surface area contributed by atoms with Crippen molar-refractivity contribution in [1.82, 2.24) is 10.6 Å². The maximum absolute atomic E-state index is 11.6. The highest BCUT2D eigenvalue weighted by Gasteiger charge is 2.28. The minimum atomic E-state index is -2.90. The monoisotopic (exact) mass is 495 g/mol. The van der Waals surface area contributed by atoms with Crippen molar-refractivity contribution in [2.75, 3.05) is 24.7 Å². The molecule has 1 aromatic carbocycles. The second kappa shape index (κ2) is 11.8. The molecular formula is C18H30IN3O3S. The van der Waals surface area contributed by atoms with Crippen molar-refractivity contribution >= 4 is 39.8 Å². The van der Waals surface area contributed by atoms with Crippen LogP contribution in [0, 0.1) is 0 Å². The standard InChI is InChI=1S/C18H29N3O3S.HI/c1-3-10-24-13-16-8-6-5-7-15(16)12-20-18(19-4-2)21-17-9-11-25(22,23)14-17;/h5-8,17H,3-4,9-14H2,1-2H3,(H2,19,20,21);1H. The number of nitrogens with one attached hydrogen (secondary N) is 2. The Bertz CT molecular complexity index is 680. The Balaban J connectivity index is 0.00000338. The zero-order chi connectivity index (χ0) is 18.1. The summed E-state index contributed by atoms with van der Waals surface area (Å²) in [5.41, 5.74) is 2.26. The van der Waals surface area contributed by atoms with E-state index in [4.69, 9.17) is 4.74 Å². The van der Waals surface area contributed by atoms with Gasteiger partial charge in [0.1, 0.15) is 0 Å². The highest BCUT2D eigenvalue weighted by atomic mass is 127. The Hall–Kier alpha value is -0.870. The van der Waals surface area contributed by atoms with Gasteiger partial charge in [0, 0.05) is 19.2 Å². The van der Waals surface area contributed by atoms with Crippen LogP contribution in [0.5, 0.6) is 0 Å². The van der Waals surface area contributed by atoms with Gasteiger partial charge in [-0.1, -0.05) is 31.2 Å². The minimum Gasteiger partial charge on any atom is -0.377 e. The van der Waals surface area contributed by atoms with E-state index in [0.717, 1.165) is 30.7 Å². The lowest BCUT2D eigenvalue weighted by Crippen LogP contribution is -2.44. The minimum absolute atomic E-state index is 0. The predicted octanol–water partition coefficient (Wildman–Crippen LogP) is 2.47. The van der Waals surface area contributed by atoms with Gasteiger partial charge in [-0.25, -0.2) is 13.4 Å². The summed E-state index contributed by atoms with van der Waals surface area (Å²) in [6.07, 6.45) is 1.63. The molecule has 8 heteroatoms. The highest BCUT2D eigenvalue weighted by molar-refractivity contribution is 14.0. The van der Waals surface area contributed by atoms with E-state index in [-0.39, 0.29) is 41.5 Å². The first-order chi connectivity index (χ1) is 12.0. The number of aliphatic imine (C=N–C) groups is 1. The molecule has 1 saturated heterocycles. The molecule has 1 unspecified atom stereocenters. The molecule has 1 fully saturated rings. The van der Waals surface area contributed by atoms with Gasteiger partial charge in [-0.3, -0.25) is 0 Å². The molecule has 2 rings (SSSR count). The van der Waals surface area contributed by atoms with Gasteiger partial charge in [0.2, 0.25) is 0 Å². The molecule has 0 spiro atoms. The maximum atomic E-state index is 11.6. The highest BCUT2D eigenvalue weighted by Crippen LogP contribution is 2.13. The van der Waals surface area contributed by atoms with Crippen LogP contribution >= 0.6 is 24.0 Å². The van der Waals surface area contributed by atoms with E-state index in [0.29, 0.717) is 25.5 Å². The van der Waals surface area contributed by atoms with E-state index in [2.05, 4.69) is 34.7 Å². The van der Waals surface area contributed by atoms with Crippen molar-refractivity contribution < 1.29 is 13.2 Å². The van der Waals surface area contributed by atoms with Crippen LogP contribution in [0.15, 0.2) is 29.3 Å². The molecule has 2 N–H and O–H groups in total. The van der Waals surface area contributed by atoms with Gasteiger partial charge in [-0.2, -0.15) is 0 Å². The van der Waals surface area contributed by atoms with Gasteiger partial charge in [-0.15, -0.1) is 24.0 Å². The van der Waals surface area contributed by atoms with Crippen LogP contribution in [-0.4, -0.2) is 45.1 Å². The lowest BCUT2D eigenvalue weighted by Gasteiger charge is -2.16. The van der Waals surface area contributed by atoms with E-state index in [1.807, 2.05) is 19.1 Å². The van der Waals surface area contributed by atoms with Crippen LogP contribution in [0.25, 0.3) is 0 Å². The zero-order valence-electron chi connectivity index (χ0n) is 15.5. The molecule has 26 heavy (non-hydrogen) atoms. The third-order valence-corrected chi connectivity index (χ3v) is 5.82. The molecule has 1 aliphatic rings. The molecule has 1 aromatic rings. The summed E-state index contributed by atoms with van der Waals surface area (Å²) in [4.78, 5) is 4.63. The number of hydrogen-bond donors (Lipinski definition) is 2. The summed E-state index contributed by atoms with van der Waals surface area (Å²) in [5, 5.41) is 6.43. The fourth-order valence-corrected chi connectivity index (χ4v) is 4.44. The summed E-state index contributed by atoms with van der Waals surface area (Å²) in [7, 11) is -2.90. The van der Waals surface area contributed by atoms with Crippen molar-refractivity contribution in [2.24, 2.45) is 4.99 Å². The zero-order valence-corrected chi connectivity index (χ0v) is 18.7. The Kier molecular flexibility index (Phi) is 10.5. The molecule has 0 aliphatic carbocycles. The van der Waals surface area contributed by atoms with Gasteiger partial charge in [0.25, 0.3) is 0 Å². The van der Waals surface area contributed by atoms with Gasteiger partial charge in [0.05, 0.1) is 24.7 Å². The number of halogens is 1. The summed E-state index contributed by atoms with van der Waals surface area (Å²) >= 11 is 0. The van der Waals surface area contributed by atoms with Crippen molar-refractivity contribution in [3.05, 3.63) is 35.4 Å². The molecule has 1 heterocycles. The normalized spacial score (nSPS) is 19.0. The van der Waals surface area contributed by atoms with Gasteiger partial charge in [0.15, 0.2) is 15.8 Å². The fraction of sp³-hybridized carbons (Fsp3) is 0.611. The average Bonchev–Trinajstić information content (AvgIpc) is 2.93. The van der Waals surface area contributed by atoms with E-state index < -0.39 is 9.84 Å². The Morgan fingerprint density at radius 1 is 1.27 bits per heavy atom. The van der Waals surface area contributed by atoms with Crippen molar-refractivity contribution in [1.29, 1.82) is 0 Å². The molecule has 0 amide bonds. The van der Waals surface area contributed by atoms with E-state index >= 15 is 0 Å². The summed E-state index contributed by atoms with van der Waals surface area (Å²) in [6, 6.07) is 8.05. The molecule has 0 bridgehead atoms. The number of sulfone groups is 1. The molecule has 0 saturated carbocycles.